The predicted molar refractivity (Wildman–Crippen MR) is 105 cm³/mol. The number of hydrogen-bond donors (Lipinski definition) is 0. The van der Waals surface area contributed by atoms with Crippen LogP contribution in [0.3, 0.4) is 0 Å². The van der Waals surface area contributed by atoms with Crippen LogP contribution in [-0.2, 0) is 0 Å². The molecule has 2 aromatic rings. The van der Waals surface area contributed by atoms with Crippen LogP contribution in [0, 0.1) is 5.92 Å². The fraction of sp³-hybridized carbons (Fsp3) is 0.250. The van der Waals surface area contributed by atoms with Gasteiger partial charge in [-0.15, -0.1) is 0 Å². The molecule has 0 aliphatic heterocycles. The van der Waals surface area contributed by atoms with Crippen molar-refractivity contribution in [2.24, 2.45) is 5.92 Å². The van der Waals surface area contributed by atoms with E-state index in [9.17, 15) is 9.59 Å². The molecule has 0 fully saturated rings. The number of Topliss-reactive ketones (excluding diaryl/α,β-unsaturated/α-hetero) is 2. The Hall–Kier alpha value is -2.74. The van der Waals surface area contributed by atoms with E-state index in [1.165, 1.54) is 0 Å². The zero-order valence-corrected chi connectivity index (χ0v) is 15.2. The first kappa shape index (κ1) is 18.1. The van der Waals surface area contributed by atoms with E-state index in [1.54, 1.807) is 24.3 Å². The summed E-state index contributed by atoms with van der Waals surface area (Å²) in [4.78, 5) is 26.6. The van der Waals surface area contributed by atoms with Gasteiger partial charge in [-0.25, -0.2) is 0 Å². The minimum Gasteiger partial charge on any atom is -0.293 e. The molecule has 1 aliphatic rings. The number of allylic oxidation sites excluding steroid dienone is 4. The lowest BCUT2D eigenvalue weighted by molar-refractivity contribution is 0.0831. The summed E-state index contributed by atoms with van der Waals surface area (Å²) in [5, 5.41) is 0. The maximum absolute atomic E-state index is 13.3. The van der Waals surface area contributed by atoms with Crippen LogP contribution in [0.25, 0.3) is 0 Å². The maximum Gasteiger partial charge on any atom is 0.177 e. The van der Waals surface area contributed by atoms with Gasteiger partial charge >= 0.3 is 0 Å². The largest absolute Gasteiger partial charge is 0.293 e. The summed E-state index contributed by atoms with van der Waals surface area (Å²) >= 11 is 0. The minimum atomic E-state index is -0.735. The maximum atomic E-state index is 13.3. The third-order valence-electron chi connectivity index (χ3n) is 4.86. The molecule has 2 heteroatoms. The number of carbonyl (C=O) groups is 2. The molecule has 0 unspecified atom stereocenters. The SMILES string of the molecule is CCCCC1=C(C(C(=O)c2ccccc2)C(=O)c2ccccc2)CC=C1. The molecule has 2 nitrogen and oxygen atoms in total. The van der Waals surface area contributed by atoms with Gasteiger partial charge in [-0.3, -0.25) is 9.59 Å². The van der Waals surface area contributed by atoms with Gasteiger partial charge in [0, 0.05) is 11.1 Å². The Kier molecular flexibility index (Phi) is 5.96. The smallest absolute Gasteiger partial charge is 0.177 e. The molecule has 0 saturated heterocycles. The first-order valence-electron chi connectivity index (χ1n) is 9.29. The van der Waals surface area contributed by atoms with Gasteiger partial charge in [0.05, 0.1) is 0 Å². The Morgan fingerprint density at radius 3 is 1.92 bits per heavy atom. The van der Waals surface area contributed by atoms with E-state index in [-0.39, 0.29) is 11.6 Å². The molecular weight excluding hydrogens is 320 g/mol. The third-order valence-corrected chi connectivity index (χ3v) is 4.86. The monoisotopic (exact) mass is 344 g/mol. The van der Waals surface area contributed by atoms with Crippen LogP contribution < -0.4 is 0 Å². The summed E-state index contributed by atoms with van der Waals surface area (Å²) in [5.74, 6) is -0.944. The second-order valence-electron chi connectivity index (χ2n) is 6.65. The van der Waals surface area contributed by atoms with Gasteiger partial charge in [-0.05, 0) is 30.4 Å². The van der Waals surface area contributed by atoms with Gasteiger partial charge in [0.25, 0.3) is 0 Å². The van der Waals surface area contributed by atoms with Crippen LogP contribution in [0.4, 0.5) is 0 Å². The van der Waals surface area contributed by atoms with Crippen molar-refractivity contribution in [3.05, 3.63) is 95.1 Å². The minimum absolute atomic E-state index is 0.104. The Balaban J connectivity index is 2.02. The van der Waals surface area contributed by atoms with E-state index >= 15 is 0 Å². The highest BCUT2D eigenvalue weighted by Gasteiger charge is 2.33. The van der Waals surface area contributed by atoms with Crippen LogP contribution in [0.2, 0.25) is 0 Å². The van der Waals surface area contributed by atoms with Crippen LogP contribution in [0.5, 0.6) is 0 Å². The molecule has 3 rings (SSSR count). The number of carbonyl (C=O) groups excluding carboxylic acids is 2. The normalized spacial score (nSPS) is 13.5. The molecular formula is C24H24O2. The molecule has 0 amide bonds. The third kappa shape index (κ3) is 3.91. The van der Waals surface area contributed by atoms with Crippen LogP contribution in [0.1, 0.15) is 53.3 Å². The van der Waals surface area contributed by atoms with Gasteiger partial charge in [-0.1, -0.05) is 86.2 Å². The molecule has 0 spiro atoms. The molecule has 0 atom stereocenters. The number of hydrogen-bond acceptors (Lipinski definition) is 2. The number of unbranched alkanes of at least 4 members (excludes halogenated alkanes) is 1. The van der Waals surface area contributed by atoms with Crippen molar-refractivity contribution in [3.63, 3.8) is 0 Å². The van der Waals surface area contributed by atoms with Crippen molar-refractivity contribution in [2.75, 3.05) is 0 Å². The lowest BCUT2D eigenvalue weighted by Crippen LogP contribution is -2.27. The van der Waals surface area contributed by atoms with Gasteiger partial charge < -0.3 is 0 Å². The molecule has 0 heterocycles. The fourth-order valence-electron chi connectivity index (χ4n) is 3.45. The molecule has 0 radical (unpaired) electrons. The summed E-state index contributed by atoms with van der Waals surface area (Å²) in [6.07, 6.45) is 7.92. The highest BCUT2D eigenvalue weighted by molar-refractivity contribution is 6.18. The topological polar surface area (TPSA) is 34.1 Å². The van der Waals surface area contributed by atoms with Crippen molar-refractivity contribution in [2.45, 2.75) is 32.6 Å². The van der Waals surface area contributed by atoms with Crippen molar-refractivity contribution >= 4 is 11.6 Å². The van der Waals surface area contributed by atoms with E-state index in [1.807, 2.05) is 36.4 Å². The Morgan fingerprint density at radius 1 is 0.885 bits per heavy atom. The van der Waals surface area contributed by atoms with Crippen LogP contribution in [0.15, 0.2) is 84.0 Å². The zero-order valence-electron chi connectivity index (χ0n) is 15.2. The average molecular weight is 344 g/mol. The zero-order chi connectivity index (χ0) is 18.4. The van der Waals surface area contributed by atoms with Crippen molar-refractivity contribution < 1.29 is 9.59 Å². The molecule has 2 aromatic carbocycles. The second-order valence-corrected chi connectivity index (χ2v) is 6.65. The summed E-state index contributed by atoms with van der Waals surface area (Å²) in [7, 11) is 0. The van der Waals surface area contributed by atoms with E-state index in [4.69, 9.17) is 0 Å². The van der Waals surface area contributed by atoms with E-state index < -0.39 is 5.92 Å². The molecule has 0 bridgehead atoms. The number of ketones is 2. The van der Waals surface area contributed by atoms with Crippen molar-refractivity contribution in [1.82, 2.24) is 0 Å². The van der Waals surface area contributed by atoms with Crippen molar-refractivity contribution in [3.8, 4) is 0 Å². The predicted octanol–water partition coefficient (Wildman–Crippen LogP) is 5.82. The summed E-state index contributed by atoms with van der Waals surface area (Å²) < 4.78 is 0. The number of rotatable bonds is 8. The standard InChI is InChI=1S/C24H24O2/c1-2-3-11-18-16-10-17-21(18)22(23(25)19-12-6-4-7-13-19)24(26)20-14-8-5-9-15-20/h4-10,12-16,22H,2-3,11,17H2,1H3. The molecule has 132 valence electrons. The molecule has 0 saturated carbocycles. The molecule has 26 heavy (non-hydrogen) atoms. The van der Waals surface area contributed by atoms with E-state index in [0.29, 0.717) is 17.5 Å². The molecule has 0 aromatic heterocycles. The molecule has 0 N–H and O–H groups in total. The Morgan fingerprint density at radius 2 is 1.42 bits per heavy atom. The Labute approximate surface area is 155 Å². The highest BCUT2D eigenvalue weighted by atomic mass is 16.2. The first-order valence-corrected chi connectivity index (χ1v) is 9.29. The van der Waals surface area contributed by atoms with Gasteiger partial charge in [0.15, 0.2) is 11.6 Å². The van der Waals surface area contributed by atoms with E-state index in [0.717, 1.165) is 30.4 Å². The van der Waals surface area contributed by atoms with Gasteiger partial charge in [0.1, 0.15) is 5.92 Å². The average Bonchev–Trinajstić information content (AvgIpc) is 3.15. The number of benzene rings is 2. The molecule has 1 aliphatic carbocycles. The van der Waals surface area contributed by atoms with Gasteiger partial charge in [0.2, 0.25) is 0 Å². The van der Waals surface area contributed by atoms with Crippen LogP contribution >= 0.6 is 0 Å². The lowest BCUT2D eigenvalue weighted by atomic mass is 9.81. The Bertz CT molecular complexity index is 778. The highest BCUT2D eigenvalue weighted by Crippen LogP contribution is 2.33. The quantitative estimate of drug-likeness (QED) is 0.447. The fourth-order valence-corrected chi connectivity index (χ4v) is 3.45. The summed E-state index contributed by atoms with van der Waals surface area (Å²) in [6.45, 7) is 2.15. The van der Waals surface area contributed by atoms with Crippen molar-refractivity contribution in [1.29, 1.82) is 0 Å². The summed E-state index contributed by atoms with van der Waals surface area (Å²) in [5.41, 5.74) is 3.32. The van der Waals surface area contributed by atoms with Gasteiger partial charge in [-0.2, -0.15) is 0 Å². The van der Waals surface area contributed by atoms with E-state index in [2.05, 4.69) is 19.1 Å². The summed E-state index contributed by atoms with van der Waals surface area (Å²) in [6, 6.07) is 18.3. The second kappa shape index (κ2) is 8.57. The first-order chi connectivity index (χ1) is 12.7. The lowest BCUT2D eigenvalue weighted by Gasteiger charge is -2.19. The van der Waals surface area contributed by atoms with Crippen LogP contribution in [-0.4, -0.2) is 11.6 Å².